The highest BCUT2D eigenvalue weighted by Gasteiger charge is 2.02. The molecular formula is C10H14N2O. The van der Waals surface area contributed by atoms with E-state index in [1.165, 1.54) is 0 Å². The van der Waals surface area contributed by atoms with Crippen LogP contribution in [0.5, 0.6) is 0 Å². The quantitative estimate of drug-likeness (QED) is 0.714. The third-order valence-corrected chi connectivity index (χ3v) is 1.77. The van der Waals surface area contributed by atoms with E-state index < -0.39 is 5.91 Å². The van der Waals surface area contributed by atoms with E-state index in [4.69, 9.17) is 11.5 Å². The smallest absolute Gasteiger partial charge is 0.248 e. The molecule has 0 aliphatic rings. The number of amides is 1. The molecule has 0 aliphatic heterocycles. The SMILES string of the molecule is CC(N)Cc1cccc(C(N)=O)c1. The van der Waals surface area contributed by atoms with Gasteiger partial charge in [-0.25, -0.2) is 0 Å². The Morgan fingerprint density at radius 1 is 1.54 bits per heavy atom. The van der Waals surface area contributed by atoms with Gasteiger partial charge in [0.05, 0.1) is 0 Å². The zero-order valence-corrected chi connectivity index (χ0v) is 7.66. The lowest BCUT2D eigenvalue weighted by Crippen LogP contribution is -2.18. The van der Waals surface area contributed by atoms with E-state index in [0.717, 1.165) is 12.0 Å². The normalized spacial score (nSPS) is 12.5. The number of hydrogen-bond donors (Lipinski definition) is 2. The zero-order chi connectivity index (χ0) is 9.84. The van der Waals surface area contributed by atoms with Crippen LogP contribution < -0.4 is 11.5 Å². The van der Waals surface area contributed by atoms with Gasteiger partial charge in [0, 0.05) is 11.6 Å². The van der Waals surface area contributed by atoms with Crippen molar-refractivity contribution >= 4 is 5.91 Å². The van der Waals surface area contributed by atoms with Crippen LogP contribution in [0.2, 0.25) is 0 Å². The van der Waals surface area contributed by atoms with Crippen LogP contribution >= 0.6 is 0 Å². The summed E-state index contributed by atoms with van der Waals surface area (Å²) in [5, 5.41) is 0. The number of nitrogens with two attached hydrogens (primary N) is 2. The van der Waals surface area contributed by atoms with Gasteiger partial charge in [0.1, 0.15) is 0 Å². The maximum absolute atomic E-state index is 10.8. The lowest BCUT2D eigenvalue weighted by molar-refractivity contribution is 0.1000. The van der Waals surface area contributed by atoms with Gasteiger partial charge in [-0.2, -0.15) is 0 Å². The molecule has 0 fully saturated rings. The second-order valence-electron chi connectivity index (χ2n) is 3.25. The number of hydrogen-bond acceptors (Lipinski definition) is 2. The van der Waals surface area contributed by atoms with Crippen LogP contribution in [0.25, 0.3) is 0 Å². The van der Waals surface area contributed by atoms with Gasteiger partial charge in [-0.05, 0) is 31.0 Å². The number of carbonyl (C=O) groups is 1. The van der Waals surface area contributed by atoms with E-state index in [2.05, 4.69) is 0 Å². The van der Waals surface area contributed by atoms with Crippen LogP contribution in [0.15, 0.2) is 24.3 Å². The zero-order valence-electron chi connectivity index (χ0n) is 7.66. The Morgan fingerprint density at radius 3 is 2.77 bits per heavy atom. The molecule has 13 heavy (non-hydrogen) atoms. The van der Waals surface area contributed by atoms with Crippen LogP contribution in [0.1, 0.15) is 22.8 Å². The first-order valence-electron chi connectivity index (χ1n) is 4.24. The van der Waals surface area contributed by atoms with E-state index >= 15 is 0 Å². The summed E-state index contributed by atoms with van der Waals surface area (Å²) in [5.74, 6) is -0.397. The molecule has 70 valence electrons. The Morgan fingerprint density at radius 2 is 2.23 bits per heavy atom. The molecule has 0 bridgehead atoms. The van der Waals surface area contributed by atoms with E-state index in [-0.39, 0.29) is 6.04 Å². The van der Waals surface area contributed by atoms with Crippen molar-refractivity contribution in [2.75, 3.05) is 0 Å². The van der Waals surface area contributed by atoms with E-state index in [1.54, 1.807) is 12.1 Å². The van der Waals surface area contributed by atoms with Crippen molar-refractivity contribution in [1.29, 1.82) is 0 Å². The van der Waals surface area contributed by atoms with Crippen molar-refractivity contribution in [3.8, 4) is 0 Å². The third kappa shape index (κ3) is 2.87. The molecule has 0 spiro atoms. The first kappa shape index (κ1) is 9.74. The summed E-state index contributed by atoms with van der Waals surface area (Å²) < 4.78 is 0. The minimum atomic E-state index is -0.397. The second-order valence-corrected chi connectivity index (χ2v) is 3.25. The minimum absolute atomic E-state index is 0.100. The van der Waals surface area contributed by atoms with Crippen LogP contribution in [-0.4, -0.2) is 11.9 Å². The molecule has 0 aromatic heterocycles. The molecule has 0 aliphatic carbocycles. The summed E-state index contributed by atoms with van der Waals surface area (Å²) in [7, 11) is 0. The Labute approximate surface area is 77.7 Å². The lowest BCUT2D eigenvalue weighted by Gasteiger charge is -2.05. The molecule has 0 saturated carbocycles. The van der Waals surface area contributed by atoms with Gasteiger partial charge in [0.25, 0.3) is 0 Å². The number of rotatable bonds is 3. The molecule has 1 rings (SSSR count). The van der Waals surface area contributed by atoms with E-state index in [9.17, 15) is 4.79 Å². The summed E-state index contributed by atoms with van der Waals surface area (Å²) >= 11 is 0. The monoisotopic (exact) mass is 178 g/mol. The molecule has 3 heteroatoms. The lowest BCUT2D eigenvalue weighted by atomic mass is 10.0. The van der Waals surface area contributed by atoms with Crippen LogP contribution in [-0.2, 0) is 6.42 Å². The number of carbonyl (C=O) groups excluding carboxylic acids is 1. The highest BCUT2D eigenvalue weighted by Crippen LogP contribution is 2.06. The van der Waals surface area contributed by atoms with Crippen molar-refractivity contribution in [1.82, 2.24) is 0 Å². The van der Waals surface area contributed by atoms with Crippen molar-refractivity contribution in [3.05, 3.63) is 35.4 Å². The first-order valence-corrected chi connectivity index (χ1v) is 4.24. The summed E-state index contributed by atoms with van der Waals surface area (Å²) in [6.07, 6.45) is 0.765. The minimum Gasteiger partial charge on any atom is -0.366 e. The van der Waals surface area contributed by atoms with Crippen LogP contribution in [0.3, 0.4) is 0 Å². The van der Waals surface area contributed by atoms with Crippen molar-refractivity contribution < 1.29 is 4.79 Å². The van der Waals surface area contributed by atoms with Gasteiger partial charge in [-0.3, -0.25) is 4.79 Å². The van der Waals surface area contributed by atoms with Crippen LogP contribution in [0, 0.1) is 0 Å². The van der Waals surface area contributed by atoms with Crippen LogP contribution in [0.4, 0.5) is 0 Å². The molecule has 1 atom stereocenters. The fraction of sp³-hybridized carbons (Fsp3) is 0.300. The second kappa shape index (κ2) is 4.05. The Hall–Kier alpha value is -1.35. The molecule has 1 unspecified atom stereocenters. The number of primary amides is 1. The molecule has 3 nitrogen and oxygen atoms in total. The fourth-order valence-corrected chi connectivity index (χ4v) is 1.22. The van der Waals surface area contributed by atoms with Crippen molar-refractivity contribution in [2.45, 2.75) is 19.4 Å². The summed E-state index contributed by atoms with van der Waals surface area (Å²) in [6, 6.07) is 7.34. The molecule has 1 amide bonds. The standard InChI is InChI=1S/C10H14N2O/c1-7(11)5-8-3-2-4-9(6-8)10(12)13/h2-4,6-7H,5,11H2,1H3,(H2,12,13). The van der Waals surface area contributed by atoms with Gasteiger partial charge < -0.3 is 11.5 Å². The topological polar surface area (TPSA) is 69.1 Å². The molecular weight excluding hydrogens is 164 g/mol. The Bertz CT molecular complexity index is 308. The third-order valence-electron chi connectivity index (χ3n) is 1.77. The van der Waals surface area contributed by atoms with Crippen molar-refractivity contribution in [3.63, 3.8) is 0 Å². The number of benzene rings is 1. The van der Waals surface area contributed by atoms with Gasteiger partial charge in [0.15, 0.2) is 0 Å². The Kier molecular flexibility index (Phi) is 3.03. The molecule has 0 heterocycles. The van der Waals surface area contributed by atoms with Crippen molar-refractivity contribution in [2.24, 2.45) is 11.5 Å². The highest BCUT2D eigenvalue weighted by molar-refractivity contribution is 5.92. The maximum atomic E-state index is 10.8. The summed E-state index contributed by atoms with van der Waals surface area (Å²) in [6.45, 7) is 1.93. The van der Waals surface area contributed by atoms with Gasteiger partial charge in [-0.15, -0.1) is 0 Å². The molecule has 0 radical (unpaired) electrons. The maximum Gasteiger partial charge on any atom is 0.248 e. The van der Waals surface area contributed by atoms with Gasteiger partial charge in [0.2, 0.25) is 5.91 Å². The predicted molar refractivity (Wildman–Crippen MR) is 52.3 cm³/mol. The molecule has 1 aromatic carbocycles. The fourth-order valence-electron chi connectivity index (χ4n) is 1.22. The molecule has 0 saturated heterocycles. The highest BCUT2D eigenvalue weighted by atomic mass is 16.1. The van der Waals surface area contributed by atoms with Gasteiger partial charge >= 0.3 is 0 Å². The predicted octanol–water partition coefficient (Wildman–Crippen LogP) is 0.675. The Balaban J connectivity index is 2.85. The summed E-state index contributed by atoms with van der Waals surface area (Å²) in [4.78, 5) is 10.8. The molecule has 4 N–H and O–H groups in total. The largest absolute Gasteiger partial charge is 0.366 e. The van der Waals surface area contributed by atoms with E-state index in [1.807, 2.05) is 19.1 Å². The average Bonchev–Trinajstić information content (AvgIpc) is 2.03. The average molecular weight is 178 g/mol. The summed E-state index contributed by atoms with van der Waals surface area (Å²) in [5.41, 5.74) is 12.4. The molecule has 1 aromatic rings. The first-order chi connectivity index (χ1) is 6.09. The van der Waals surface area contributed by atoms with Gasteiger partial charge in [-0.1, -0.05) is 12.1 Å². The van der Waals surface area contributed by atoms with E-state index in [0.29, 0.717) is 5.56 Å².